The lowest BCUT2D eigenvalue weighted by molar-refractivity contribution is -0.902. The summed E-state index contributed by atoms with van der Waals surface area (Å²) in [7, 11) is 2.00. The summed E-state index contributed by atoms with van der Waals surface area (Å²) in [5.74, 6) is 0.227. The van der Waals surface area contributed by atoms with E-state index in [9.17, 15) is 10.1 Å². The Hall–Kier alpha value is -1.97. The number of thiazole rings is 1. The molecule has 126 valence electrons. The van der Waals surface area contributed by atoms with Crippen LogP contribution in [0, 0.1) is 17.2 Å². The van der Waals surface area contributed by atoms with Crippen LogP contribution < -0.4 is 10.2 Å². The highest BCUT2D eigenvalue weighted by Crippen LogP contribution is 2.39. The Morgan fingerprint density at radius 3 is 2.88 bits per heavy atom. The Bertz CT molecular complexity index is 759. The van der Waals surface area contributed by atoms with Crippen molar-refractivity contribution in [3.63, 3.8) is 0 Å². The van der Waals surface area contributed by atoms with Gasteiger partial charge in [-0.3, -0.25) is 4.79 Å². The zero-order valence-corrected chi connectivity index (χ0v) is 15.1. The van der Waals surface area contributed by atoms with Gasteiger partial charge in [0, 0.05) is 0 Å². The fourth-order valence-electron chi connectivity index (χ4n) is 2.91. The van der Waals surface area contributed by atoms with E-state index in [1.165, 1.54) is 4.70 Å². The SMILES string of the molecule is C[C@H](c1nc2ccccc2s1)[NH+](C)CC(=O)N[C@@](C)(C#N)C1CC1. The molecule has 0 saturated heterocycles. The lowest BCUT2D eigenvalue weighted by Gasteiger charge is -2.25. The third kappa shape index (κ3) is 3.42. The minimum Gasteiger partial charge on any atom is -0.333 e. The fourth-order valence-corrected chi connectivity index (χ4v) is 4.02. The maximum atomic E-state index is 12.4. The van der Waals surface area contributed by atoms with Crippen LogP contribution in [0.1, 0.15) is 37.7 Å². The highest BCUT2D eigenvalue weighted by Gasteiger charge is 2.43. The van der Waals surface area contributed by atoms with E-state index in [-0.39, 0.29) is 11.9 Å². The van der Waals surface area contributed by atoms with E-state index in [2.05, 4.69) is 29.4 Å². The topological polar surface area (TPSA) is 70.2 Å². The first-order valence-electron chi connectivity index (χ1n) is 8.33. The predicted octanol–water partition coefficient (Wildman–Crippen LogP) is 1.68. The predicted molar refractivity (Wildman–Crippen MR) is 94.7 cm³/mol. The average molecular weight is 343 g/mol. The van der Waals surface area contributed by atoms with Crippen LogP contribution in [0.25, 0.3) is 10.2 Å². The van der Waals surface area contributed by atoms with Crippen LogP contribution >= 0.6 is 11.3 Å². The lowest BCUT2D eigenvalue weighted by Crippen LogP contribution is -3.10. The molecule has 1 aromatic heterocycles. The number of amides is 1. The summed E-state index contributed by atoms with van der Waals surface area (Å²) < 4.78 is 1.17. The maximum Gasteiger partial charge on any atom is 0.276 e. The summed E-state index contributed by atoms with van der Waals surface area (Å²) >= 11 is 1.68. The number of nitrogens with one attached hydrogen (secondary N) is 2. The second-order valence-electron chi connectivity index (χ2n) is 6.90. The highest BCUT2D eigenvalue weighted by atomic mass is 32.1. The molecule has 0 radical (unpaired) electrons. The number of carbonyl (C=O) groups is 1. The molecule has 2 N–H and O–H groups in total. The van der Waals surface area contributed by atoms with E-state index in [4.69, 9.17) is 0 Å². The molecule has 0 aliphatic heterocycles. The number of aromatic nitrogens is 1. The number of quaternary nitrogens is 1. The standard InChI is InChI=1S/C18H22N4OS/c1-12(17-20-14-6-4-5-7-15(14)24-17)22(3)10-16(23)21-18(2,11-19)13-8-9-13/h4-7,12-13H,8-10H2,1-3H3,(H,21,23)/p+1/t12-,18+/m1/s1. The van der Waals surface area contributed by atoms with Crippen LogP contribution in [0.15, 0.2) is 24.3 Å². The Morgan fingerprint density at radius 1 is 1.54 bits per heavy atom. The Balaban J connectivity index is 1.64. The molecule has 1 fully saturated rings. The largest absolute Gasteiger partial charge is 0.333 e. The molecule has 0 bridgehead atoms. The second kappa shape index (κ2) is 6.50. The summed E-state index contributed by atoms with van der Waals surface area (Å²) in [4.78, 5) is 18.1. The molecule has 6 heteroatoms. The number of hydrogen-bond acceptors (Lipinski definition) is 4. The molecule has 3 rings (SSSR count). The van der Waals surface area contributed by atoms with Crippen molar-refractivity contribution in [3.8, 4) is 6.07 Å². The monoisotopic (exact) mass is 343 g/mol. The van der Waals surface area contributed by atoms with Crippen LogP contribution in [0.4, 0.5) is 0 Å². The van der Waals surface area contributed by atoms with Gasteiger partial charge in [-0.1, -0.05) is 12.1 Å². The van der Waals surface area contributed by atoms with E-state index in [0.29, 0.717) is 12.5 Å². The van der Waals surface area contributed by atoms with E-state index in [0.717, 1.165) is 28.3 Å². The first kappa shape index (κ1) is 16.9. The van der Waals surface area contributed by atoms with Crippen molar-refractivity contribution in [1.82, 2.24) is 10.3 Å². The Morgan fingerprint density at radius 2 is 2.25 bits per heavy atom. The molecule has 0 spiro atoms. The van der Waals surface area contributed by atoms with Gasteiger partial charge in [0.2, 0.25) is 0 Å². The van der Waals surface area contributed by atoms with Crippen LogP contribution in [0.2, 0.25) is 0 Å². The maximum absolute atomic E-state index is 12.4. The number of likely N-dealkylation sites (N-methyl/N-ethyl adjacent to an activating group) is 1. The van der Waals surface area contributed by atoms with Gasteiger partial charge in [0.05, 0.1) is 23.3 Å². The molecule has 1 aromatic carbocycles. The van der Waals surface area contributed by atoms with Gasteiger partial charge in [-0.2, -0.15) is 5.26 Å². The molecule has 1 aliphatic carbocycles. The van der Waals surface area contributed by atoms with Gasteiger partial charge in [-0.15, -0.1) is 11.3 Å². The van der Waals surface area contributed by atoms with Crippen molar-refractivity contribution < 1.29 is 9.69 Å². The smallest absolute Gasteiger partial charge is 0.276 e. The lowest BCUT2D eigenvalue weighted by atomic mass is 9.98. The summed E-state index contributed by atoms with van der Waals surface area (Å²) in [5, 5.41) is 13.3. The quantitative estimate of drug-likeness (QED) is 0.838. The van der Waals surface area contributed by atoms with Crippen molar-refractivity contribution in [2.24, 2.45) is 5.92 Å². The first-order chi connectivity index (χ1) is 11.4. The number of nitrogens with zero attached hydrogens (tertiary/aromatic N) is 2. The van der Waals surface area contributed by atoms with Crippen LogP contribution in [-0.2, 0) is 4.79 Å². The molecule has 3 atom stereocenters. The summed E-state index contributed by atoms with van der Waals surface area (Å²) in [6.45, 7) is 4.25. The van der Waals surface area contributed by atoms with E-state index in [1.807, 2.05) is 32.2 Å². The molecular weight excluding hydrogens is 320 g/mol. The second-order valence-corrected chi connectivity index (χ2v) is 7.96. The number of hydrogen-bond donors (Lipinski definition) is 2. The third-order valence-electron chi connectivity index (χ3n) is 4.88. The minimum atomic E-state index is -0.726. The van der Waals surface area contributed by atoms with Gasteiger partial charge in [-0.25, -0.2) is 4.98 Å². The van der Waals surface area contributed by atoms with Crippen molar-refractivity contribution in [2.75, 3.05) is 13.6 Å². The van der Waals surface area contributed by atoms with Gasteiger partial charge < -0.3 is 10.2 Å². The number of fused-ring (bicyclic) bond motifs is 1. The number of rotatable bonds is 6. The summed E-state index contributed by atoms with van der Waals surface area (Å²) in [6, 6.07) is 10.5. The summed E-state index contributed by atoms with van der Waals surface area (Å²) in [5.41, 5.74) is 0.281. The van der Waals surface area contributed by atoms with Crippen molar-refractivity contribution in [3.05, 3.63) is 29.3 Å². The molecule has 2 aromatic rings. The Labute approximate surface area is 146 Å². The van der Waals surface area contributed by atoms with Crippen LogP contribution in [0.3, 0.4) is 0 Å². The molecule has 1 aliphatic rings. The number of para-hydroxylation sites is 1. The van der Waals surface area contributed by atoms with Crippen molar-refractivity contribution in [1.29, 1.82) is 5.26 Å². The van der Waals surface area contributed by atoms with E-state index in [1.54, 1.807) is 11.3 Å². The van der Waals surface area contributed by atoms with E-state index >= 15 is 0 Å². The van der Waals surface area contributed by atoms with Gasteiger partial charge in [0.1, 0.15) is 11.6 Å². The summed E-state index contributed by atoms with van der Waals surface area (Å²) in [6.07, 6.45) is 2.05. The molecular formula is C18H23N4OS+. The normalized spacial score (nSPS) is 19.2. The third-order valence-corrected chi connectivity index (χ3v) is 6.10. The molecule has 5 nitrogen and oxygen atoms in total. The van der Waals surface area contributed by atoms with Crippen molar-refractivity contribution >= 4 is 27.5 Å². The molecule has 24 heavy (non-hydrogen) atoms. The molecule has 1 unspecified atom stereocenters. The minimum absolute atomic E-state index is 0.0728. The van der Waals surface area contributed by atoms with Gasteiger partial charge in [-0.05, 0) is 44.7 Å². The number of benzene rings is 1. The van der Waals surface area contributed by atoms with Gasteiger partial charge >= 0.3 is 0 Å². The van der Waals surface area contributed by atoms with Crippen LogP contribution in [-0.4, -0.2) is 30.0 Å². The number of nitriles is 1. The molecule has 1 heterocycles. The highest BCUT2D eigenvalue weighted by molar-refractivity contribution is 7.18. The van der Waals surface area contributed by atoms with E-state index < -0.39 is 5.54 Å². The van der Waals surface area contributed by atoms with Crippen LogP contribution in [0.5, 0.6) is 0 Å². The van der Waals surface area contributed by atoms with Gasteiger partial charge in [0.15, 0.2) is 11.6 Å². The molecule has 1 saturated carbocycles. The zero-order chi connectivity index (χ0) is 17.3. The van der Waals surface area contributed by atoms with Crippen molar-refractivity contribution in [2.45, 2.75) is 38.3 Å². The number of carbonyl (C=O) groups excluding carboxylic acids is 1. The molecule has 1 amide bonds. The fraction of sp³-hybridized carbons (Fsp3) is 0.500. The average Bonchev–Trinajstić information content (AvgIpc) is 3.33. The van der Waals surface area contributed by atoms with Gasteiger partial charge in [0.25, 0.3) is 5.91 Å². The first-order valence-corrected chi connectivity index (χ1v) is 9.14. The zero-order valence-electron chi connectivity index (χ0n) is 14.3. The Kier molecular flexibility index (Phi) is 4.57.